The number of rotatable bonds is 13. The number of carboxylic acids is 2. The molecule has 0 aromatic heterocycles. The van der Waals surface area contributed by atoms with Crippen LogP contribution in [-0.2, 0) is 28.7 Å². The lowest BCUT2D eigenvalue weighted by Crippen LogP contribution is -2.55. The van der Waals surface area contributed by atoms with Crippen LogP contribution in [0, 0.1) is 24.2 Å². The van der Waals surface area contributed by atoms with Crippen LogP contribution in [0.2, 0.25) is 0 Å². The van der Waals surface area contributed by atoms with Gasteiger partial charge in [-0.15, -0.1) is 12.3 Å². The average molecular weight is 455 g/mol. The van der Waals surface area contributed by atoms with Crippen molar-refractivity contribution in [2.24, 2.45) is 11.8 Å². The summed E-state index contributed by atoms with van der Waals surface area (Å²) in [5.41, 5.74) is 0. The zero-order valence-electron chi connectivity index (χ0n) is 19.0. The molecule has 1 aliphatic rings. The zero-order valence-corrected chi connectivity index (χ0v) is 19.0. The number of ether oxygens (including phenoxy) is 2. The van der Waals surface area contributed by atoms with E-state index in [1.54, 1.807) is 27.7 Å². The van der Waals surface area contributed by atoms with E-state index in [-0.39, 0.29) is 11.8 Å². The number of terminal acetylenes is 1. The molecule has 1 heterocycles. The molecule has 0 radical (unpaired) electrons. The fourth-order valence-corrected chi connectivity index (χ4v) is 3.24. The molecular formula is C22H34N2O8. The van der Waals surface area contributed by atoms with Gasteiger partial charge >= 0.3 is 11.9 Å². The Kier molecular flexibility index (Phi) is 11.2. The maximum Gasteiger partial charge on any atom is 0.326 e. The Labute approximate surface area is 188 Å². The van der Waals surface area contributed by atoms with Crippen LogP contribution < -0.4 is 10.6 Å². The second kappa shape index (κ2) is 13.0. The molecule has 0 spiro atoms. The van der Waals surface area contributed by atoms with E-state index in [1.165, 1.54) is 0 Å². The van der Waals surface area contributed by atoms with Crippen LogP contribution in [0.3, 0.4) is 0 Å². The first-order valence-corrected chi connectivity index (χ1v) is 10.9. The first-order valence-electron chi connectivity index (χ1n) is 10.9. The molecule has 10 nitrogen and oxygen atoms in total. The topological polar surface area (TPSA) is 151 Å². The first kappa shape index (κ1) is 27.4. The largest absolute Gasteiger partial charge is 0.480 e. The normalized spacial score (nSPS) is 22.2. The summed E-state index contributed by atoms with van der Waals surface area (Å²) in [5.74, 6) is -2.29. The highest BCUT2D eigenvalue weighted by atomic mass is 16.7. The number of carbonyl (C=O) groups excluding carboxylic acids is 2. The van der Waals surface area contributed by atoms with Crippen molar-refractivity contribution in [2.45, 2.75) is 90.4 Å². The Hall–Kier alpha value is -2.64. The molecule has 1 fully saturated rings. The molecule has 0 unspecified atom stereocenters. The molecule has 2 amide bonds. The van der Waals surface area contributed by atoms with Gasteiger partial charge in [-0.05, 0) is 24.7 Å². The molecule has 32 heavy (non-hydrogen) atoms. The summed E-state index contributed by atoms with van der Waals surface area (Å²) in [5, 5.41) is 23.7. The Balaban J connectivity index is 3.05. The highest BCUT2D eigenvalue weighted by Crippen LogP contribution is 2.25. The van der Waals surface area contributed by atoms with Crippen molar-refractivity contribution >= 4 is 23.8 Å². The van der Waals surface area contributed by atoms with E-state index in [2.05, 4.69) is 16.6 Å². The van der Waals surface area contributed by atoms with Gasteiger partial charge in [0.15, 0.2) is 18.5 Å². The Morgan fingerprint density at radius 3 is 1.62 bits per heavy atom. The third kappa shape index (κ3) is 7.50. The van der Waals surface area contributed by atoms with E-state index >= 15 is 0 Å². The summed E-state index contributed by atoms with van der Waals surface area (Å²) < 4.78 is 11.2. The molecule has 0 bridgehead atoms. The fourth-order valence-electron chi connectivity index (χ4n) is 3.24. The number of unbranched alkanes of at least 4 members (excludes halogenated alkanes) is 1. The lowest BCUT2D eigenvalue weighted by Gasteiger charge is -2.25. The van der Waals surface area contributed by atoms with E-state index < -0.39 is 54.3 Å². The Morgan fingerprint density at radius 2 is 1.31 bits per heavy atom. The number of hydrogen-bond acceptors (Lipinski definition) is 6. The van der Waals surface area contributed by atoms with Crippen LogP contribution in [0.1, 0.15) is 59.8 Å². The van der Waals surface area contributed by atoms with Crippen molar-refractivity contribution < 1.29 is 38.9 Å². The molecule has 1 rings (SSSR count). The summed E-state index contributed by atoms with van der Waals surface area (Å²) in [4.78, 5) is 48.9. The van der Waals surface area contributed by atoms with Crippen LogP contribution in [0.15, 0.2) is 0 Å². The summed E-state index contributed by atoms with van der Waals surface area (Å²) in [7, 11) is 0. The van der Waals surface area contributed by atoms with Gasteiger partial charge < -0.3 is 30.3 Å². The maximum absolute atomic E-state index is 12.9. The lowest BCUT2D eigenvalue weighted by atomic mass is 9.98. The number of nitrogens with one attached hydrogen (secondary N) is 2. The summed E-state index contributed by atoms with van der Waals surface area (Å²) in [6.07, 6.45) is 3.78. The molecule has 0 aromatic rings. The van der Waals surface area contributed by atoms with Gasteiger partial charge in [0.05, 0.1) is 0 Å². The standard InChI is InChI=1S/C22H34N2O8/c1-6-9-10-11-14-31-17(19(25)23-15(21(27)28)12(4)7-2)18(32-14)20(26)24-16(22(29)30)13(5)8-3/h1,12-18H,7-11H2,2-5H3,(H,23,25)(H,24,26)(H,27,28)(H,29,30)/t12-,13-,15-,16-,17+,18+/m0/s1. The van der Waals surface area contributed by atoms with Gasteiger partial charge in [0.2, 0.25) is 0 Å². The molecular weight excluding hydrogens is 420 g/mol. The minimum absolute atomic E-state index is 0.319. The van der Waals surface area contributed by atoms with Gasteiger partial charge in [0, 0.05) is 6.42 Å². The molecule has 180 valence electrons. The minimum atomic E-state index is -1.43. The predicted molar refractivity (Wildman–Crippen MR) is 114 cm³/mol. The second-order valence-electron chi connectivity index (χ2n) is 8.06. The zero-order chi connectivity index (χ0) is 24.4. The van der Waals surface area contributed by atoms with Crippen LogP contribution in [-0.4, -0.2) is 64.5 Å². The Morgan fingerprint density at radius 1 is 0.906 bits per heavy atom. The highest BCUT2D eigenvalue weighted by Gasteiger charge is 2.47. The van der Waals surface area contributed by atoms with E-state index in [9.17, 15) is 29.4 Å². The van der Waals surface area contributed by atoms with Crippen molar-refractivity contribution in [3.8, 4) is 12.3 Å². The van der Waals surface area contributed by atoms with Crippen LogP contribution in [0.5, 0.6) is 0 Å². The molecule has 1 aliphatic heterocycles. The van der Waals surface area contributed by atoms with E-state index in [0.29, 0.717) is 32.1 Å². The molecule has 0 saturated carbocycles. The quantitative estimate of drug-likeness (QED) is 0.239. The SMILES string of the molecule is C#CCCCC1O[C@@H](C(=O)N[C@H](C(=O)O)[C@@H](C)CC)[C@H](C(=O)N[C@H](C(=O)O)[C@@H](C)CC)O1. The Bertz CT molecular complexity index is 669. The third-order valence-electron chi connectivity index (χ3n) is 5.70. The first-order chi connectivity index (χ1) is 15.1. The van der Waals surface area contributed by atoms with Crippen molar-refractivity contribution in [2.75, 3.05) is 0 Å². The molecule has 0 aromatic carbocycles. The monoisotopic (exact) mass is 454 g/mol. The predicted octanol–water partition coefficient (Wildman–Crippen LogP) is 1.13. The van der Waals surface area contributed by atoms with Crippen molar-refractivity contribution in [3.05, 3.63) is 0 Å². The van der Waals surface area contributed by atoms with Gasteiger partial charge in [0.1, 0.15) is 12.1 Å². The van der Waals surface area contributed by atoms with E-state index in [4.69, 9.17) is 15.9 Å². The second-order valence-corrected chi connectivity index (χ2v) is 8.06. The molecule has 10 heteroatoms. The van der Waals surface area contributed by atoms with Gasteiger partial charge in [-0.2, -0.15) is 0 Å². The van der Waals surface area contributed by atoms with Crippen molar-refractivity contribution in [1.29, 1.82) is 0 Å². The summed E-state index contributed by atoms with van der Waals surface area (Å²) in [6, 6.07) is -2.35. The smallest absolute Gasteiger partial charge is 0.326 e. The molecule has 4 N–H and O–H groups in total. The molecule has 1 saturated heterocycles. The number of aliphatic carboxylic acids is 2. The van der Waals surface area contributed by atoms with Crippen LogP contribution in [0.4, 0.5) is 0 Å². The van der Waals surface area contributed by atoms with Gasteiger partial charge in [-0.25, -0.2) is 9.59 Å². The number of amides is 2. The van der Waals surface area contributed by atoms with E-state index in [1.807, 2.05) is 0 Å². The van der Waals surface area contributed by atoms with Gasteiger partial charge in [-0.1, -0.05) is 40.5 Å². The average Bonchev–Trinajstić information content (AvgIpc) is 3.18. The van der Waals surface area contributed by atoms with Crippen molar-refractivity contribution in [1.82, 2.24) is 10.6 Å². The summed E-state index contributed by atoms with van der Waals surface area (Å²) in [6.45, 7) is 6.95. The third-order valence-corrected chi connectivity index (χ3v) is 5.70. The van der Waals surface area contributed by atoms with Crippen LogP contribution in [0.25, 0.3) is 0 Å². The lowest BCUT2D eigenvalue weighted by molar-refractivity contribution is -0.147. The van der Waals surface area contributed by atoms with Gasteiger partial charge in [-0.3, -0.25) is 9.59 Å². The maximum atomic E-state index is 12.9. The summed E-state index contributed by atoms with van der Waals surface area (Å²) >= 11 is 0. The molecule has 6 atom stereocenters. The number of carbonyl (C=O) groups is 4. The number of hydrogen-bond donors (Lipinski definition) is 4. The molecule has 0 aliphatic carbocycles. The minimum Gasteiger partial charge on any atom is -0.480 e. The van der Waals surface area contributed by atoms with E-state index in [0.717, 1.165) is 0 Å². The number of carboxylic acid groups (broad SMARTS) is 2. The van der Waals surface area contributed by atoms with Crippen LogP contribution >= 0.6 is 0 Å². The highest BCUT2D eigenvalue weighted by molar-refractivity contribution is 5.94. The van der Waals surface area contributed by atoms with Crippen molar-refractivity contribution in [3.63, 3.8) is 0 Å². The van der Waals surface area contributed by atoms with Gasteiger partial charge in [0.25, 0.3) is 11.8 Å². The fraction of sp³-hybridized carbons (Fsp3) is 0.727.